The third-order valence-electron chi connectivity index (χ3n) is 3.59. The Labute approximate surface area is 120 Å². The van der Waals surface area contributed by atoms with E-state index in [9.17, 15) is 12.8 Å². The fourth-order valence-electron chi connectivity index (χ4n) is 2.60. The lowest BCUT2D eigenvalue weighted by atomic mass is 9.98. The molecule has 1 atom stereocenters. The van der Waals surface area contributed by atoms with E-state index >= 15 is 0 Å². The molecule has 2 rings (SSSR count). The van der Waals surface area contributed by atoms with Crippen molar-refractivity contribution in [3.05, 3.63) is 35.6 Å². The second-order valence-electron chi connectivity index (χ2n) is 5.46. The van der Waals surface area contributed by atoms with Crippen LogP contribution in [0.3, 0.4) is 0 Å². The minimum Gasteiger partial charge on any atom is -0.299 e. The maximum atomic E-state index is 13.6. The van der Waals surface area contributed by atoms with Crippen LogP contribution in [0.25, 0.3) is 0 Å². The molecule has 1 aromatic rings. The highest BCUT2D eigenvalue weighted by Crippen LogP contribution is 2.19. The van der Waals surface area contributed by atoms with Gasteiger partial charge in [0, 0.05) is 25.2 Å². The van der Waals surface area contributed by atoms with Gasteiger partial charge >= 0.3 is 0 Å². The van der Waals surface area contributed by atoms with Gasteiger partial charge in [-0.3, -0.25) is 4.90 Å². The van der Waals surface area contributed by atoms with Gasteiger partial charge in [-0.05, 0) is 31.4 Å². The lowest BCUT2D eigenvalue weighted by Gasteiger charge is -2.32. The number of hydrogen-bond acceptors (Lipinski definition) is 3. The average molecular weight is 300 g/mol. The van der Waals surface area contributed by atoms with E-state index in [0.717, 1.165) is 25.9 Å². The molecule has 20 heavy (non-hydrogen) atoms. The Morgan fingerprint density at radius 3 is 2.85 bits per heavy atom. The van der Waals surface area contributed by atoms with E-state index in [2.05, 4.69) is 9.62 Å². The summed E-state index contributed by atoms with van der Waals surface area (Å²) in [6.07, 6.45) is 3.20. The minimum atomic E-state index is -3.14. The predicted molar refractivity (Wildman–Crippen MR) is 77.2 cm³/mol. The number of nitrogens with one attached hydrogen (secondary N) is 1. The highest BCUT2D eigenvalue weighted by molar-refractivity contribution is 7.88. The summed E-state index contributed by atoms with van der Waals surface area (Å²) in [5.74, 6) is 0.120. The van der Waals surface area contributed by atoms with Crippen LogP contribution in [0.2, 0.25) is 0 Å². The molecule has 0 aromatic heterocycles. The van der Waals surface area contributed by atoms with Crippen LogP contribution >= 0.6 is 0 Å². The van der Waals surface area contributed by atoms with Crippen LogP contribution in [-0.2, 0) is 16.6 Å². The van der Waals surface area contributed by atoms with E-state index in [0.29, 0.717) is 24.6 Å². The summed E-state index contributed by atoms with van der Waals surface area (Å²) in [4.78, 5) is 2.19. The first-order chi connectivity index (χ1) is 9.44. The maximum Gasteiger partial charge on any atom is 0.208 e. The molecule has 1 aromatic carbocycles. The molecular weight excluding hydrogens is 279 g/mol. The molecule has 112 valence electrons. The molecule has 1 fully saturated rings. The molecule has 0 unspecified atom stereocenters. The first kappa shape index (κ1) is 15.4. The molecule has 1 saturated heterocycles. The first-order valence-electron chi connectivity index (χ1n) is 6.84. The van der Waals surface area contributed by atoms with Crippen molar-refractivity contribution >= 4 is 10.0 Å². The van der Waals surface area contributed by atoms with Gasteiger partial charge in [0.25, 0.3) is 0 Å². The number of likely N-dealkylation sites (tertiary alicyclic amines) is 1. The summed E-state index contributed by atoms with van der Waals surface area (Å²) in [6, 6.07) is 6.80. The Hall–Kier alpha value is -0.980. The van der Waals surface area contributed by atoms with E-state index < -0.39 is 10.0 Å². The summed E-state index contributed by atoms with van der Waals surface area (Å²) in [7, 11) is -3.14. The third-order valence-corrected chi connectivity index (χ3v) is 4.28. The highest BCUT2D eigenvalue weighted by Gasteiger charge is 2.21. The van der Waals surface area contributed by atoms with E-state index in [1.54, 1.807) is 12.1 Å². The van der Waals surface area contributed by atoms with Crippen molar-refractivity contribution in [1.82, 2.24) is 9.62 Å². The van der Waals surface area contributed by atoms with Crippen molar-refractivity contribution in [2.45, 2.75) is 19.4 Å². The molecule has 6 heteroatoms. The fourth-order valence-corrected chi connectivity index (χ4v) is 3.14. The van der Waals surface area contributed by atoms with E-state index in [1.165, 1.54) is 12.3 Å². The van der Waals surface area contributed by atoms with Crippen molar-refractivity contribution in [3.63, 3.8) is 0 Å². The molecule has 0 saturated carbocycles. The molecular formula is C14H21FN2O2S. The molecule has 1 aliphatic rings. The maximum absolute atomic E-state index is 13.6. The van der Waals surface area contributed by atoms with Gasteiger partial charge in [-0.1, -0.05) is 18.2 Å². The SMILES string of the molecule is CS(=O)(=O)NC[C@@H]1CCCN(Cc2ccccc2F)C1. The second-order valence-corrected chi connectivity index (χ2v) is 7.29. The standard InChI is InChI=1S/C14H21FN2O2S/c1-20(18,19)16-9-12-5-4-8-17(10-12)11-13-6-2-3-7-14(13)15/h2-3,6-7,12,16H,4-5,8-11H2,1H3/t12-/m0/s1. The molecule has 1 N–H and O–H groups in total. The van der Waals surface area contributed by atoms with Gasteiger partial charge in [-0.25, -0.2) is 17.5 Å². The first-order valence-corrected chi connectivity index (χ1v) is 8.73. The number of hydrogen-bond donors (Lipinski definition) is 1. The van der Waals surface area contributed by atoms with E-state index in [4.69, 9.17) is 0 Å². The molecule has 0 amide bonds. The average Bonchev–Trinajstić information content (AvgIpc) is 2.39. The van der Waals surface area contributed by atoms with Gasteiger partial charge in [0.2, 0.25) is 10.0 Å². The van der Waals surface area contributed by atoms with Crippen LogP contribution in [0.1, 0.15) is 18.4 Å². The van der Waals surface area contributed by atoms with E-state index in [1.807, 2.05) is 6.07 Å². The Bertz CT molecular complexity index is 548. The number of rotatable bonds is 5. The summed E-state index contributed by atoms with van der Waals surface area (Å²) in [5, 5.41) is 0. The van der Waals surface area contributed by atoms with Gasteiger partial charge in [0.05, 0.1) is 6.26 Å². The third kappa shape index (κ3) is 4.85. The molecule has 0 aliphatic carbocycles. The zero-order valence-corrected chi connectivity index (χ0v) is 12.5. The zero-order valence-electron chi connectivity index (χ0n) is 11.7. The highest BCUT2D eigenvalue weighted by atomic mass is 32.2. The Morgan fingerprint density at radius 1 is 1.40 bits per heavy atom. The smallest absolute Gasteiger partial charge is 0.208 e. The van der Waals surface area contributed by atoms with Crippen molar-refractivity contribution in [3.8, 4) is 0 Å². The topological polar surface area (TPSA) is 49.4 Å². The van der Waals surface area contributed by atoms with Gasteiger partial charge in [0.15, 0.2) is 0 Å². The summed E-state index contributed by atoms with van der Waals surface area (Å²) < 4.78 is 38.4. The molecule has 1 heterocycles. The Balaban J connectivity index is 1.89. The molecule has 0 spiro atoms. The van der Waals surface area contributed by atoms with Crippen LogP contribution < -0.4 is 4.72 Å². The normalized spacial score (nSPS) is 21.0. The summed E-state index contributed by atoms with van der Waals surface area (Å²) in [5.41, 5.74) is 0.698. The molecule has 4 nitrogen and oxygen atoms in total. The van der Waals surface area contributed by atoms with Crippen LogP contribution in [-0.4, -0.2) is 39.2 Å². The quantitative estimate of drug-likeness (QED) is 0.898. The van der Waals surface area contributed by atoms with Crippen LogP contribution in [0.15, 0.2) is 24.3 Å². The van der Waals surface area contributed by atoms with Crippen molar-refractivity contribution in [2.75, 3.05) is 25.9 Å². The Morgan fingerprint density at radius 2 is 2.15 bits per heavy atom. The van der Waals surface area contributed by atoms with Gasteiger partial charge in [-0.2, -0.15) is 0 Å². The fraction of sp³-hybridized carbons (Fsp3) is 0.571. The van der Waals surface area contributed by atoms with Crippen LogP contribution in [0.5, 0.6) is 0 Å². The van der Waals surface area contributed by atoms with Crippen LogP contribution in [0, 0.1) is 11.7 Å². The predicted octanol–water partition coefficient (Wildman–Crippen LogP) is 1.59. The second kappa shape index (κ2) is 6.65. The summed E-state index contributed by atoms with van der Waals surface area (Å²) in [6.45, 7) is 2.79. The number of halogens is 1. The number of sulfonamides is 1. The largest absolute Gasteiger partial charge is 0.299 e. The number of benzene rings is 1. The minimum absolute atomic E-state index is 0.177. The van der Waals surface area contributed by atoms with Crippen molar-refractivity contribution in [1.29, 1.82) is 0 Å². The molecule has 1 aliphatic heterocycles. The summed E-state index contributed by atoms with van der Waals surface area (Å²) >= 11 is 0. The van der Waals surface area contributed by atoms with Crippen LogP contribution in [0.4, 0.5) is 4.39 Å². The van der Waals surface area contributed by atoms with Crippen molar-refractivity contribution in [2.24, 2.45) is 5.92 Å². The lowest BCUT2D eigenvalue weighted by Crippen LogP contribution is -2.40. The number of piperidine rings is 1. The molecule has 0 bridgehead atoms. The van der Waals surface area contributed by atoms with Gasteiger partial charge < -0.3 is 0 Å². The van der Waals surface area contributed by atoms with E-state index in [-0.39, 0.29) is 5.82 Å². The van der Waals surface area contributed by atoms with Gasteiger partial charge in [-0.15, -0.1) is 0 Å². The lowest BCUT2D eigenvalue weighted by molar-refractivity contribution is 0.167. The molecule has 0 radical (unpaired) electrons. The van der Waals surface area contributed by atoms with Gasteiger partial charge in [0.1, 0.15) is 5.82 Å². The zero-order chi connectivity index (χ0) is 14.6. The Kier molecular flexibility index (Phi) is 5.12. The monoisotopic (exact) mass is 300 g/mol. The van der Waals surface area contributed by atoms with Crippen molar-refractivity contribution < 1.29 is 12.8 Å². The number of nitrogens with zero attached hydrogens (tertiary/aromatic N) is 1.